The fraction of sp³-hybridized carbons (Fsp3) is 0.667. The Labute approximate surface area is 100 Å². The summed E-state index contributed by atoms with van der Waals surface area (Å²) in [4.78, 5) is 10.9. The number of carboxylic acids is 1. The normalized spacial score (nSPS) is 22.9. The summed E-state index contributed by atoms with van der Waals surface area (Å²) in [5, 5.41) is 13.1. The van der Waals surface area contributed by atoms with Crippen LogP contribution in [0.3, 0.4) is 0 Å². The van der Waals surface area contributed by atoms with Crippen molar-refractivity contribution in [3.05, 3.63) is 17.5 Å². The lowest BCUT2D eigenvalue weighted by atomic mass is 10.1. The first-order valence-electron chi connectivity index (χ1n) is 5.82. The molecule has 5 heteroatoms. The van der Waals surface area contributed by atoms with E-state index in [2.05, 4.69) is 18.9 Å². The van der Waals surface area contributed by atoms with Crippen LogP contribution < -0.4 is 0 Å². The third-order valence-electron chi connectivity index (χ3n) is 3.12. The maximum absolute atomic E-state index is 10.9. The van der Waals surface area contributed by atoms with Gasteiger partial charge in [0.25, 0.3) is 0 Å². The van der Waals surface area contributed by atoms with Crippen LogP contribution in [0.2, 0.25) is 0 Å². The number of aromatic carboxylic acids is 1. The van der Waals surface area contributed by atoms with E-state index < -0.39 is 5.97 Å². The highest BCUT2D eigenvalue weighted by Gasteiger charge is 2.32. The van der Waals surface area contributed by atoms with Gasteiger partial charge in [0, 0.05) is 6.20 Å². The van der Waals surface area contributed by atoms with Gasteiger partial charge in [-0.15, -0.1) is 0 Å². The van der Waals surface area contributed by atoms with Crippen molar-refractivity contribution < 1.29 is 14.6 Å². The van der Waals surface area contributed by atoms with Gasteiger partial charge >= 0.3 is 5.97 Å². The number of aryl methyl sites for hydroxylation is 1. The third-order valence-corrected chi connectivity index (χ3v) is 3.12. The Kier molecular flexibility index (Phi) is 2.95. The summed E-state index contributed by atoms with van der Waals surface area (Å²) in [6, 6.07) is 0. The molecular weight excluding hydrogens is 220 g/mol. The van der Waals surface area contributed by atoms with Crippen molar-refractivity contribution in [2.75, 3.05) is 0 Å². The Morgan fingerprint density at radius 3 is 2.88 bits per heavy atom. The number of aromatic nitrogens is 2. The molecule has 0 amide bonds. The van der Waals surface area contributed by atoms with Crippen LogP contribution in [0.25, 0.3) is 0 Å². The molecule has 0 bridgehead atoms. The van der Waals surface area contributed by atoms with Gasteiger partial charge in [0.05, 0.1) is 23.9 Å². The average Bonchev–Trinajstić information content (AvgIpc) is 2.70. The van der Waals surface area contributed by atoms with Crippen molar-refractivity contribution in [3.8, 4) is 0 Å². The summed E-state index contributed by atoms with van der Waals surface area (Å²) in [6.07, 6.45) is 3.73. The maximum atomic E-state index is 10.9. The van der Waals surface area contributed by atoms with Gasteiger partial charge in [-0.3, -0.25) is 4.68 Å². The predicted octanol–water partition coefficient (Wildman–Crippen LogP) is 1.85. The smallest absolute Gasteiger partial charge is 0.339 e. The van der Waals surface area contributed by atoms with Gasteiger partial charge in [-0.2, -0.15) is 5.10 Å². The van der Waals surface area contributed by atoms with E-state index in [0.29, 0.717) is 12.2 Å². The average molecular weight is 238 g/mol. The van der Waals surface area contributed by atoms with E-state index in [4.69, 9.17) is 9.84 Å². The van der Waals surface area contributed by atoms with Crippen LogP contribution in [0.4, 0.5) is 0 Å². The molecule has 94 valence electrons. The van der Waals surface area contributed by atoms with Gasteiger partial charge in [-0.25, -0.2) is 4.79 Å². The van der Waals surface area contributed by atoms with Crippen LogP contribution in [0, 0.1) is 6.92 Å². The van der Waals surface area contributed by atoms with Crippen LogP contribution in [0.15, 0.2) is 6.20 Å². The number of carboxylic acid groups (broad SMARTS) is 1. The zero-order valence-electron chi connectivity index (χ0n) is 10.4. The van der Waals surface area contributed by atoms with Crippen molar-refractivity contribution in [2.24, 2.45) is 0 Å². The number of rotatable bonds is 3. The van der Waals surface area contributed by atoms with Crippen molar-refractivity contribution in [2.45, 2.75) is 51.9 Å². The number of ether oxygens (including phenoxy) is 1. The molecule has 1 N–H and O–H groups in total. The third kappa shape index (κ3) is 2.66. The van der Waals surface area contributed by atoms with Gasteiger partial charge in [-0.05, 0) is 33.6 Å². The summed E-state index contributed by atoms with van der Waals surface area (Å²) < 4.78 is 7.53. The van der Waals surface area contributed by atoms with E-state index in [0.717, 1.165) is 12.8 Å². The molecule has 1 unspecified atom stereocenters. The molecule has 2 rings (SSSR count). The van der Waals surface area contributed by atoms with E-state index in [9.17, 15) is 4.79 Å². The second kappa shape index (κ2) is 4.14. The Balaban J connectivity index is 2.05. The molecule has 0 aliphatic carbocycles. The van der Waals surface area contributed by atoms with Crippen molar-refractivity contribution in [1.29, 1.82) is 0 Å². The Bertz CT molecular complexity index is 437. The standard InChI is InChI=1S/C12H18N2O3/c1-8-10(11(15)16)7-14(13-8)6-9-4-5-12(2,3)17-9/h7,9H,4-6H2,1-3H3,(H,15,16). The molecule has 5 nitrogen and oxygen atoms in total. The molecule has 1 aromatic rings. The van der Waals surface area contributed by atoms with Crippen molar-refractivity contribution in [3.63, 3.8) is 0 Å². The Morgan fingerprint density at radius 1 is 1.71 bits per heavy atom. The summed E-state index contributed by atoms with van der Waals surface area (Å²) in [6.45, 7) is 6.48. The van der Waals surface area contributed by atoms with Crippen LogP contribution >= 0.6 is 0 Å². The summed E-state index contributed by atoms with van der Waals surface area (Å²) in [7, 11) is 0. The molecule has 0 spiro atoms. The molecule has 1 aromatic heterocycles. The maximum Gasteiger partial charge on any atom is 0.339 e. The topological polar surface area (TPSA) is 64.4 Å². The monoisotopic (exact) mass is 238 g/mol. The minimum Gasteiger partial charge on any atom is -0.478 e. The zero-order valence-corrected chi connectivity index (χ0v) is 10.4. The Hall–Kier alpha value is -1.36. The second-order valence-electron chi connectivity index (χ2n) is 5.19. The van der Waals surface area contributed by atoms with Crippen LogP contribution in [-0.2, 0) is 11.3 Å². The number of hydrogen-bond donors (Lipinski definition) is 1. The summed E-state index contributed by atoms with van der Waals surface area (Å²) in [5.74, 6) is -0.929. The van der Waals surface area contributed by atoms with Gasteiger partial charge < -0.3 is 9.84 Å². The number of hydrogen-bond acceptors (Lipinski definition) is 3. The summed E-state index contributed by atoms with van der Waals surface area (Å²) in [5.41, 5.74) is 0.750. The lowest BCUT2D eigenvalue weighted by molar-refractivity contribution is -0.0230. The first-order valence-corrected chi connectivity index (χ1v) is 5.82. The fourth-order valence-electron chi connectivity index (χ4n) is 2.24. The van der Waals surface area contributed by atoms with Gasteiger partial charge in [-0.1, -0.05) is 0 Å². The number of nitrogens with zero attached hydrogens (tertiary/aromatic N) is 2. The SMILES string of the molecule is Cc1nn(CC2CCC(C)(C)O2)cc1C(=O)O. The van der Waals surface area contributed by atoms with E-state index in [1.54, 1.807) is 17.8 Å². The van der Waals surface area contributed by atoms with Crippen LogP contribution in [0.1, 0.15) is 42.7 Å². The van der Waals surface area contributed by atoms with E-state index in [1.165, 1.54) is 0 Å². The fourth-order valence-corrected chi connectivity index (χ4v) is 2.24. The van der Waals surface area contributed by atoms with Crippen LogP contribution in [0.5, 0.6) is 0 Å². The first-order chi connectivity index (χ1) is 7.87. The first kappa shape index (κ1) is 12.1. The minimum atomic E-state index is -0.929. The van der Waals surface area contributed by atoms with Gasteiger partial charge in [0.2, 0.25) is 0 Å². The van der Waals surface area contributed by atoms with Crippen molar-refractivity contribution >= 4 is 5.97 Å². The predicted molar refractivity (Wildman–Crippen MR) is 62.1 cm³/mol. The molecule has 0 saturated carbocycles. The lowest BCUT2D eigenvalue weighted by Crippen LogP contribution is -2.23. The molecule has 1 atom stereocenters. The number of carbonyl (C=O) groups is 1. The van der Waals surface area contributed by atoms with E-state index >= 15 is 0 Å². The molecule has 0 aromatic carbocycles. The highest BCUT2D eigenvalue weighted by atomic mass is 16.5. The highest BCUT2D eigenvalue weighted by Crippen LogP contribution is 2.30. The lowest BCUT2D eigenvalue weighted by Gasteiger charge is -2.19. The second-order valence-corrected chi connectivity index (χ2v) is 5.19. The molecule has 17 heavy (non-hydrogen) atoms. The molecule has 1 saturated heterocycles. The van der Waals surface area contributed by atoms with E-state index in [1.807, 2.05) is 0 Å². The quantitative estimate of drug-likeness (QED) is 0.872. The highest BCUT2D eigenvalue weighted by molar-refractivity contribution is 5.88. The molecule has 1 aliphatic heterocycles. The molecular formula is C12H18N2O3. The van der Waals surface area contributed by atoms with Gasteiger partial charge in [0.1, 0.15) is 5.56 Å². The zero-order chi connectivity index (χ0) is 12.6. The molecule has 2 heterocycles. The largest absolute Gasteiger partial charge is 0.478 e. The van der Waals surface area contributed by atoms with Gasteiger partial charge in [0.15, 0.2) is 0 Å². The molecule has 0 radical (unpaired) electrons. The molecule has 1 aliphatic rings. The molecule has 1 fully saturated rings. The summed E-state index contributed by atoms with van der Waals surface area (Å²) >= 11 is 0. The Morgan fingerprint density at radius 2 is 2.41 bits per heavy atom. The van der Waals surface area contributed by atoms with Crippen LogP contribution in [-0.4, -0.2) is 32.6 Å². The van der Waals surface area contributed by atoms with E-state index in [-0.39, 0.29) is 17.3 Å². The van der Waals surface area contributed by atoms with Crippen molar-refractivity contribution in [1.82, 2.24) is 9.78 Å². The minimum absolute atomic E-state index is 0.0670.